The normalized spacial score (nSPS) is 10.5. The van der Waals surface area contributed by atoms with E-state index in [-0.39, 0.29) is 6.61 Å². The topological polar surface area (TPSA) is 107 Å². The molecule has 0 saturated carbocycles. The van der Waals surface area contributed by atoms with Crippen molar-refractivity contribution in [2.24, 2.45) is 0 Å². The number of nitrogens with two attached hydrogens (primary N) is 1. The van der Waals surface area contributed by atoms with Crippen LogP contribution in [0.1, 0.15) is 27.7 Å². The van der Waals surface area contributed by atoms with E-state index >= 15 is 0 Å². The number of thioether (sulfide) groups is 1. The van der Waals surface area contributed by atoms with Crippen LogP contribution in [-0.2, 0) is 10.5 Å². The Bertz CT molecular complexity index is 959. The Morgan fingerprint density at radius 1 is 1.42 bits per heavy atom. The number of para-hydroxylation sites is 1. The number of thiophene rings is 1. The number of benzene rings is 1. The van der Waals surface area contributed by atoms with Gasteiger partial charge in [0, 0.05) is 17.0 Å². The third-order valence-electron chi connectivity index (χ3n) is 3.50. The highest BCUT2D eigenvalue weighted by molar-refractivity contribution is 7.98. The zero-order valence-corrected chi connectivity index (χ0v) is 15.5. The summed E-state index contributed by atoms with van der Waals surface area (Å²) < 4.78 is 6.92. The van der Waals surface area contributed by atoms with Gasteiger partial charge in [0.05, 0.1) is 12.2 Å². The molecule has 0 saturated heterocycles. The molecule has 0 radical (unpaired) electrons. The summed E-state index contributed by atoms with van der Waals surface area (Å²) >= 11 is 2.45. The number of esters is 1. The van der Waals surface area contributed by atoms with Crippen molar-refractivity contribution in [3.8, 4) is 11.8 Å². The number of nitrogens with zero attached hydrogens (tertiary/aromatic N) is 4. The van der Waals surface area contributed by atoms with Crippen LogP contribution in [0.15, 0.2) is 41.8 Å². The van der Waals surface area contributed by atoms with Crippen LogP contribution < -0.4 is 5.73 Å². The Balaban J connectivity index is 1.88. The number of nitrogen functional groups attached to an aromatic ring is 1. The minimum atomic E-state index is -0.467. The van der Waals surface area contributed by atoms with E-state index in [1.807, 2.05) is 34.9 Å². The van der Waals surface area contributed by atoms with E-state index in [2.05, 4.69) is 16.3 Å². The van der Waals surface area contributed by atoms with Crippen LogP contribution in [0, 0.1) is 11.3 Å². The van der Waals surface area contributed by atoms with Gasteiger partial charge >= 0.3 is 5.97 Å². The van der Waals surface area contributed by atoms with E-state index in [0.717, 1.165) is 17.0 Å². The minimum Gasteiger partial charge on any atom is -0.462 e. The third-order valence-corrected chi connectivity index (χ3v) is 5.51. The van der Waals surface area contributed by atoms with Crippen molar-refractivity contribution in [1.82, 2.24) is 14.8 Å². The summed E-state index contributed by atoms with van der Waals surface area (Å²) in [6, 6.07) is 11.8. The maximum absolute atomic E-state index is 12.2. The first-order chi connectivity index (χ1) is 12.7. The molecule has 0 atom stereocenters. The first kappa shape index (κ1) is 18.0. The molecule has 3 rings (SSSR count). The number of hydrogen-bond donors (Lipinski definition) is 1. The lowest BCUT2D eigenvalue weighted by atomic mass is 10.2. The average Bonchev–Trinajstić information content (AvgIpc) is 3.24. The number of carbonyl (C=O) groups is 1. The van der Waals surface area contributed by atoms with Crippen LogP contribution in [0.25, 0.3) is 5.69 Å². The van der Waals surface area contributed by atoms with E-state index in [1.54, 1.807) is 13.3 Å². The van der Waals surface area contributed by atoms with Crippen LogP contribution >= 0.6 is 23.1 Å². The molecule has 0 fully saturated rings. The molecule has 0 aliphatic rings. The van der Waals surface area contributed by atoms with Crippen LogP contribution in [0.5, 0.6) is 0 Å². The van der Waals surface area contributed by atoms with E-state index in [4.69, 9.17) is 10.5 Å². The fourth-order valence-electron chi connectivity index (χ4n) is 2.33. The molecule has 132 valence electrons. The van der Waals surface area contributed by atoms with Crippen molar-refractivity contribution in [2.75, 3.05) is 12.3 Å². The number of ether oxygens (including phenoxy) is 1. The van der Waals surface area contributed by atoms with Gasteiger partial charge in [0.2, 0.25) is 0 Å². The molecular formula is C17H15N5O2S2. The van der Waals surface area contributed by atoms with Gasteiger partial charge in [-0.05, 0) is 19.1 Å². The van der Waals surface area contributed by atoms with Crippen LogP contribution in [0.3, 0.4) is 0 Å². The van der Waals surface area contributed by atoms with Gasteiger partial charge in [-0.25, -0.2) is 4.79 Å². The zero-order valence-electron chi connectivity index (χ0n) is 13.9. The summed E-state index contributed by atoms with van der Waals surface area (Å²) in [6.07, 6.45) is 1.62. The Hall–Kier alpha value is -2.83. The first-order valence-corrected chi connectivity index (χ1v) is 9.52. The molecular weight excluding hydrogens is 370 g/mol. The monoisotopic (exact) mass is 385 g/mol. The average molecular weight is 385 g/mol. The van der Waals surface area contributed by atoms with Crippen molar-refractivity contribution in [3.63, 3.8) is 0 Å². The molecule has 0 spiro atoms. The Morgan fingerprint density at radius 2 is 2.19 bits per heavy atom. The second kappa shape index (κ2) is 8.03. The molecule has 1 aromatic carbocycles. The summed E-state index contributed by atoms with van der Waals surface area (Å²) in [7, 11) is 0. The molecule has 2 heterocycles. The molecule has 0 unspecified atom stereocenters. The van der Waals surface area contributed by atoms with Crippen molar-refractivity contribution < 1.29 is 9.53 Å². The predicted octanol–water partition coefficient (Wildman–Crippen LogP) is 3.25. The van der Waals surface area contributed by atoms with E-state index in [1.165, 1.54) is 11.8 Å². The predicted molar refractivity (Wildman–Crippen MR) is 100 cm³/mol. The molecule has 2 aromatic heterocycles. The third kappa shape index (κ3) is 3.56. The summed E-state index contributed by atoms with van der Waals surface area (Å²) in [4.78, 5) is 12.5. The number of anilines is 1. The smallest absolute Gasteiger partial charge is 0.348 e. The van der Waals surface area contributed by atoms with E-state index in [0.29, 0.717) is 31.9 Å². The highest BCUT2D eigenvalue weighted by Gasteiger charge is 2.23. The fraction of sp³-hybridized carbons (Fsp3) is 0.176. The van der Waals surface area contributed by atoms with Gasteiger partial charge in [-0.2, -0.15) is 5.26 Å². The fourth-order valence-corrected chi connectivity index (χ4v) is 4.31. The standard InChI is InChI=1S/C17H15N5O2S2/c1-2-24-16(23)14-13(12(8-18)15(19)26-14)9-25-17-21-20-10-22(17)11-6-4-3-5-7-11/h3-7,10H,2,9,19H2,1H3. The Kier molecular flexibility index (Phi) is 5.55. The van der Waals surface area contributed by atoms with Crippen LogP contribution in [0.4, 0.5) is 5.00 Å². The summed E-state index contributed by atoms with van der Waals surface area (Å²) in [5.41, 5.74) is 7.72. The van der Waals surface area contributed by atoms with Gasteiger partial charge in [-0.1, -0.05) is 30.0 Å². The number of rotatable bonds is 6. The first-order valence-electron chi connectivity index (χ1n) is 7.72. The van der Waals surface area contributed by atoms with Crippen molar-refractivity contribution in [1.29, 1.82) is 5.26 Å². The SMILES string of the molecule is CCOC(=O)c1sc(N)c(C#N)c1CSc1nncn1-c1ccccc1. The van der Waals surface area contributed by atoms with Crippen molar-refractivity contribution in [2.45, 2.75) is 17.8 Å². The van der Waals surface area contributed by atoms with E-state index in [9.17, 15) is 10.1 Å². The largest absolute Gasteiger partial charge is 0.462 e. The molecule has 3 aromatic rings. The molecule has 2 N–H and O–H groups in total. The van der Waals surface area contributed by atoms with Gasteiger partial charge in [-0.3, -0.25) is 4.57 Å². The quantitative estimate of drug-likeness (QED) is 0.512. The van der Waals surface area contributed by atoms with Crippen LogP contribution in [-0.4, -0.2) is 27.3 Å². The Morgan fingerprint density at radius 3 is 2.88 bits per heavy atom. The molecule has 26 heavy (non-hydrogen) atoms. The number of nitriles is 1. The second-order valence-corrected chi connectivity index (χ2v) is 7.08. The number of hydrogen-bond acceptors (Lipinski definition) is 8. The van der Waals surface area contributed by atoms with Gasteiger partial charge in [0.25, 0.3) is 0 Å². The molecule has 7 nitrogen and oxygen atoms in total. The lowest BCUT2D eigenvalue weighted by Gasteiger charge is -2.07. The highest BCUT2D eigenvalue weighted by atomic mass is 32.2. The molecule has 0 aliphatic carbocycles. The lowest BCUT2D eigenvalue weighted by molar-refractivity contribution is 0.0531. The van der Waals surface area contributed by atoms with Gasteiger partial charge in [-0.15, -0.1) is 21.5 Å². The second-order valence-electron chi connectivity index (χ2n) is 5.09. The number of aromatic nitrogens is 3. The lowest BCUT2D eigenvalue weighted by Crippen LogP contribution is -2.05. The summed E-state index contributed by atoms with van der Waals surface area (Å²) in [5, 5.41) is 18.5. The van der Waals surface area contributed by atoms with Gasteiger partial charge in [0.1, 0.15) is 22.3 Å². The van der Waals surface area contributed by atoms with Crippen molar-refractivity contribution >= 4 is 34.1 Å². The molecule has 9 heteroatoms. The maximum Gasteiger partial charge on any atom is 0.348 e. The minimum absolute atomic E-state index is 0.257. The van der Waals surface area contributed by atoms with E-state index < -0.39 is 5.97 Å². The highest BCUT2D eigenvalue weighted by Crippen LogP contribution is 2.35. The summed E-state index contributed by atoms with van der Waals surface area (Å²) in [6.45, 7) is 1.99. The molecule has 0 amide bonds. The van der Waals surface area contributed by atoms with Gasteiger partial charge in [0.15, 0.2) is 5.16 Å². The molecule has 0 aliphatic heterocycles. The molecule has 0 bridgehead atoms. The van der Waals surface area contributed by atoms with Gasteiger partial charge < -0.3 is 10.5 Å². The maximum atomic E-state index is 12.2. The number of carbonyl (C=O) groups excluding carboxylic acids is 1. The van der Waals surface area contributed by atoms with Crippen LogP contribution in [0.2, 0.25) is 0 Å². The van der Waals surface area contributed by atoms with Crippen molar-refractivity contribution in [3.05, 3.63) is 52.7 Å². The zero-order chi connectivity index (χ0) is 18.5. The summed E-state index contributed by atoms with van der Waals surface area (Å²) in [5.74, 6) is -0.109. The Labute approximate surface area is 158 Å².